The first kappa shape index (κ1) is 45.6. The molecule has 3 aliphatic rings. The number of nitrogens with zero attached hydrogens (tertiary/aromatic N) is 6. The van der Waals surface area contributed by atoms with E-state index in [-0.39, 0.29) is 65.3 Å². The molecule has 0 bridgehead atoms. The largest absolute Gasteiger partial charge is 0.492 e. The quantitative estimate of drug-likeness (QED) is 0.143. The first-order valence-corrected chi connectivity index (χ1v) is 21.0. The Bertz CT molecular complexity index is 2280. The molecule has 1 unspecified atom stereocenters. The summed E-state index contributed by atoms with van der Waals surface area (Å²) >= 11 is 12.1. The Kier molecular flexibility index (Phi) is 13.6. The van der Waals surface area contributed by atoms with Crippen LogP contribution in [0.15, 0.2) is 48.7 Å². The lowest BCUT2D eigenvalue weighted by Crippen LogP contribution is -2.58. The molecule has 3 saturated heterocycles. The molecule has 1 aromatic heterocycles. The molecule has 61 heavy (non-hydrogen) atoms. The van der Waals surface area contributed by atoms with Gasteiger partial charge in [-0.25, -0.2) is 4.98 Å². The number of hydrogen-bond acceptors (Lipinski definition) is 10. The number of ketones is 1. The predicted molar refractivity (Wildman–Crippen MR) is 228 cm³/mol. The number of piperidine rings is 1. The van der Waals surface area contributed by atoms with Gasteiger partial charge in [-0.3, -0.25) is 39.2 Å². The highest BCUT2D eigenvalue weighted by molar-refractivity contribution is 7.81. The van der Waals surface area contributed by atoms with E-state index in [2.05, 4.69) is 33.9 Å². The molecule has 0 radical (unpaired) electrons. The minimum absolute atomic E-state index is 0.00183. The van der Waals surface area contributed by atoms with Crippen molar-refractivity contribution in [2.75, 3.05) is 42.6 Å². The van der Waals surface area contributed by atoms with Gasteiger partial charge in [0, 0.05) is 61.2 Å². The number of anilines is 2. The smallest absolute Gasteiger partial charge is 0.419 e. The third-order valence-corrected chi connectivity index (χ3v) is 12.2. The normalized spacial score (nSPS) is 21.2. The second kappa shape index (κ2) is 18.2. The van der Waals surface area contributed by atoms with Crippen molar-refractivity contribution in [1.82, 2.24) is 20.1 Å². The number of imide groups is 1. The molecule has 0 aliphatic carbocycles. The fraction of sp³-hybridized carbons (Fsp3) is 0.477. The molecule has 3 amide bonds. The number of carbonyl (C=O) groups is 4. The zero-order chi connectivity index (χ0) is 44.6. The SMILES string of the molecule is CC(C)c1cc(N2C(=S)N(c3cnc(C#N)c(C(F)(F)F)c3)C(=O)C2(C)C)ccc1OCCN1C[C@@H](C)N(CC(=O)Cc2cc(Cl)cc(CC3CCC(=O)NC3=O)c2)C[C@H]1C. The van der Waals surface area contributed by atoms with Gasteiger partial charge in [0.1, 0.15) is 24.0 Å². The van der Waals surface area contributed by atoms with Gasteiger partial charge >= 0.3 is 6.18 Å². The second-order valence-corrected chi connectivity index (χ2v) is 17.7. The van der Waals surface area contributed by atoms with Gasteiger partial charge in [0.25, 0.3) is 5.91 Å². The summed E-state index contributed by atoms with van der Waals surface area (Å²) in [5.74, 6) is -0.686. The Hall–Kier alpha value is -4.95. The highest BCUT2D eigenvalue weighted by atomic mass is 35.5. The Balaban J connectivity index is 1.06. The van der Waals surface area contributed by atoms with Crippen molar-refractivity contribution in [2.24, 2.45) is 5.92 Å². The van der Waals surface area contributed by atoms with Gasteiger partial charge < -0.3 is 9.64 Å². The molecule has 3 fully saturated rings. The van der Waals surface area contributed by atoms with E-state index in [0.29, 0.717) is 55.4 Å². The summed E-state index contributed by atoms with van der Waals surface area (Å²) < 4.78 is 47.8. The van der Waals surface area contributed by atoms with E-state index in [9.17, 15) is 37.6 Å². The van der Waals surface area contributed by atoms with E-state index in [4.69, 9.17) is 28.6 Å². The van der Waals surface area contributed by atoms with E-state index in [1.807, 2.05) is 32.0 Å². The zero-order valence-corrected chi connectivity index (χ0v) is 36.5. The van der Waals surface area contributed by atoms with Crippen LogP contribution in [0, 0.1) is 17.2 Å². The molecule has 0 spiro atoms. The van der Waals surface area contributed by atoms with Gasteiger partial charge in [-0.15, -0.1) is 0 Å². The first-order valence-electron chi connectivity index (χ1n) is 20.2. The number of alkyl halides is 3. The maximum atomic E-state index is 13.8. The second-order valence-electron chi connectivity index (χ2n) is 16.9. The molecule has 3 aliphatic heterocycles. The summed E-state index contributed by atoms with van der Waals surface area (Å²) in [4.78, 5) is 61.8. The summed E-state index contributed by atoms with van der Waals surface area (Å²) in [6.45, 7) is 14.3. The number of piperazine rings is 1. The number of amides is 3. The van der Waals surface area contributed by atoms with Crippen molar-refractivity contribution in [3.8, 4) is 11.8 Å². The maximum Gasteiger partial charge on any atom is 0.419 e. The first-order chi connectivity index (χ1) is 28.7. The molecule has 1 N–H and O–H groups in total. The highest BCUT2D eigenvalue weighted by Crippen LogP contribution is 2.41. The van der Waals surface area contributed by atoms with Gasteiger partial charge in [-0.05, 0) is 112 Å². The molecule has 4 heterocycles. The molecule has 324 valence electrons. The van der Waals surface area contributed by atoms with Crippen molar-refractivity contribution in [1.29, 1.82) is 5.26 Å². The van der Waals surface area contributed by atoms with Crippen molar-refractivity contribution >= 4 is 63.8 Å². The average Bonchev–Trinajstić information content (AvgIpc) is 3.35. The number of carbonyl (C=O) groups excluding carboxylic acids is 4. The number of aromatic nitrogens is 1. The lowest BCUT2D eigenvalue weighted by molar-refractivity contribution is -0.138. The van der Waals surface area contributed by atoms with Crippen LogP contribution in [0.2, 0.25) is 5.02 Å². The molecule has 6 rings (SSSR count). The molecular weight excluding hydrogens is 831 g/mol. The Labute approximate surface area is 364 Å². The van der Waals surface area contributed by atoms with E-state index < -0.39 is 28.9 Å². The lowest BCUT2D eigenvalue weighted by atomic mass is 9.90. The Morgan fingerprint density at radius 1 is 1.05 bits per heavy atom. The average molecular weight is 880 g/mol. The fourth-order valence-electron chi connectivity index (χ4n) is 8.33. The number of nitrogens with one attached hydrogen (secondary N) is 1. The summed E-state index contributed by atoms with van der Waals surface area (Å²) in [6.07, 6.45) is -2.38. The van der Waals surface area contributed by atoms with Crippen molar-refractivity contribution in [3.05, 3.63) is 81.6 Å². The van der Waals surface area contributed by atoms with Gasteiger partial charge in [-0.2, -0.15) is 18.4 Å². The minimum atomic E-state index is -4.86. The number of pyridine rings is 1. The summed E-state index contributed by atoms with van der Waals surface area (Å²) in [5.41, 5.74) is -0.441. The van der Waals surface area contributed by atoms with E-state index in [1.165, 1.54) is 6.07 Å². The minimum Gasteiger partial charge on any atom is -0.492 e. The maximum absolute atomic E-state index is 13.8. The number of hydrogen-bond donors (Lipinski definition) is 1. The van der Waals surface area contributed by atoms with Gasteiger partial charge in [0.05, 0.1) is 24.0 Å². The number of ether oxygens (including phenoxy) is 1. The molecule has 17 heteroatoms. The third-order valence-electron chi connectivity index (χ3n) is 11.6. The monoisotopic (exact) mass is 879 g/mol. The molecule has 0 saturated carbocycles. The van der Waals surface area contributed by atoms with Crippen LogP contribution in [0.1, 0.15) is 88.2 Å². The van der Waals surface area contributed by atoms with Gasteiger partial charge in [-0.1, -0.05) is 31.5 Å². The van der Waals surface area contributed by atoms with Crippen LogP contribution in [0.4, 0.5) is 24.5 Å². The van der Waals surface area contributed by atoms with Crippen LogP contribution in [0.25, 0.3) is 0 Å². The van der Waals surface area contributed by atoms with Crippen molar-refractivity contribution in [3.63, 3.8) is 0 Å². The number of benzene rings is 2. The molecule has 3 atom stereocenters. The van der Waals surface area contributed by atoms with E-state index in [0.717, 1.165) is 40.4 Å². The third kappa shape index (κ3) is 10.1. The number of Topliss-reactive ketones (excluding diaryl/α,β-unsaturated/α-hetero) is 1. The standard InChI is InChI=1S/C44H49ClF3N7O5S/c1-25(2)35-18-32(55-42(61)54(41(59)43(55,5)6)33-19-36(44(46,47)48)37(20-49)50-21-33)8-9-38(35)60-12-11-52-22-27(4)53(23-26(52)3)24-34(56)17-29-13-28(15-31(45)16-29)14-30-7-10-39(57)51-40(30)58/h8-9,13,15-16,18-19,21,25-27,30H,7,10-12,14,17,22-24H2,1-6H3,(H,51,57,58)/t26-,27-,30?/m1/s1. The van der Waals surface area contributed by atoms with Crippen LogP contribution in [0.3, 0.4) is 0 Å². The Morgan fingerprint density at radius 2 is 1.74 bits per heavy atom. The summed E-state index contributed by atoms with van der Waals surface area (Å²) in [7, 11) is 0. The Morgan fingerprint density at radius 3 is 2.41 bits per heavy atom. The van der Waals surface area contributed by atoms with Crippen molar-refractivity contribution in [2.45, 2.75) is 96.9 Å². The number of rotatable bonds is 13. The number of halogens is 4. The predicted octanol–water partition coefficient (Wildman–Crippen LogP) is 6.85. The number of thiocarbonyl (C=S) groups is 1. The topological polar surface area (TPSA) is 139 Å². The van der Waals surface area contributed by atoms with Crippen LogP contribution in [0.5, 0.6) is 5.75 Å². The molecule has 3 aromatic rings. The van der Waals surface area contributed by atoms with Crippen molar-refractivity contribution < 1.29 is 37.1 Å². The van der Waals surface area contributed by atoms with Gasteiger partial charge in [0.15, 0.2) is 16.6 Å². The lowest BCUT2D eigenvalue weighted by Gasteiger charge is -2.43. The highest BCUT2D eigenvalue weighted by Gasteiger charge is 2.51. The zero-order valence-electron chi connectivity index (χ0n) is 34.9. The fourth-order valence-corrected chi connectivity index (χ4v) is 9.14. The summed E-state index contributed by atoms with van der Waals surface area (Å²) in [5, 5.41) is 12.1. The van der Waals surface area contributed by atoms with Crippen LogP contribution >= 0.6 is 23.8 Å². The van der Waals surface area contributed by atoms with Crippen LogP contribution < -0.4 is 19.9 Å². The molecule has 12 nitrogen and oxygen atoms in total. The van der Waals surface area contributed by atoms with Crippen LogP contribution in [-0.2, 0) is 38.2 Å². The summed E-state index contributed by atoms with van der Waals surface area (Å²) in [6, 6.07) is 13.4. The molecular formula is C44H49ClF3N7O5S. The molecule has 2 aromatic carbocycles. The van der Waals surface area contributed by atoms with Crippen LogP contribution in [-0.4, -0.2) is 93.8 Å². The van der Waals surface area contributed by atoms with Gasteiger partial charge in [0.2, 0.25) is 11.8 Å². The van der Waals surface area contributed by atoms with E-state index in [1.54, 1.807) is 36.9 Å². The number of nitriles is 1. The van der Waals surface area contributed by atoms with E-state index >= 15 is 0 Å².